The van der Waals surface area contributed by atoms with Gasteiger partial charge in [0.1, 0.15) is 11.5 Å². The van der Waals surface area contributed by atoms with Crippen LogP contribution >= 0.6 is 11.6 Å². The Bertz CT molecular complexity index is 1600. The summed E-state index contributed by atoms with van der Waals surface area (Å²) < 4.78 is 0. The fourth-order valence-electron chi connectivity index (χ4n) is 7.19. The van der Waals surface area contributed by atoms with Crippen molar-refractivity contribution in [3.05, 3.63) is 100 Å². The molecule has 0 saturated carbocycles. The van der Waals surface area contributed by atoms with Gasteiger partial charge in [-0.15, -0.1) is 0 Å². The number of nitrogens with zero attached hydrogens (tertiary/aromatic N) is 1. The minimum atomic E-state index is -1.30. The number of aryl methyl sites for hydroxylation is 1. The van der Waals surface area contributed by atoms with Gasteiger partial charge in [-0.2, -0.15) is 0 Å². The second-order valence-electron chi connectivity index (χ2n) is 12.8. The number of nitrogens with one attached hydrogen (secondary N) is 1. The van der Waals surface area contributed by atoms with Crippen LogP contribution in [-0.2, 0) is 21.4 Å². The molecule has 3 aliphatic rings. The van der Waals surface area contributed by atoms with E-state index in [1.165, 1.54) is 5.56 Å². The fourth-order valence-corrected chi connectivity index (χ4v) is 7.37. The Balaban J connectivity index is 1.57. The Morgan fingerprint density at radius 1 is 1.00 bits per heavy atom. The summed E-state index contributed by atoms with van der Waals surface area (Å²) in [4.78, 5) is 45.8. The molecule has 6 heteroatoms. The zero-order chi connectivity index (χ0) is 29.8. The Kier molecular flexibility index (Phi) is 7.13. The Labute approximate surface area is 253 Å². The summed E-state index contributed by atoms with van der Waals surface area (Å²) in [7, 11) is 0. The minimum Gasteiger partial charge on any atom is -0.352 e. The van der Waals surface area contributed by atoms with Gasteiger partial charge in [-0.25, -0.2) is 0 Å². The van der Waals surface area contributed by atoms with Gasteiger partial charge in [-0.05, 0) is 53.8 Å². The monoisotopic (exact) mass is 580 g/mol. The van der Waals surface area contributed by atoms with E-state index >= 15 is 0 Å². The van der Waals surface area contributed by atoms with Crippen molar-refractivity contribution < 1.29 is 14.4 Å². The van der Waals surface area contributed by atoms with Crippen LogP contribution in [0.1, 0.15) is 74.0 Å². The molecule has 6 rings (SSSR count). The van der Waals surface area contributed by atoms with E-state index in [4.69, 9.17) is 11.6 Å². The van der Waals surface area contributed by atoms with E-state index < -0.39 is 28.8 Å². The molecule has 1 N–H and O–H groups in total. The number of halogens is 1. The lowest BCUT2D eigenvalue weighted by Gasteiger charge is -2.38. The van der Waals surface area contributed by atoms with Crippen LogP contribution in [-0.4, -0.2) is 29.6 Å². The van der Waals surface area contributed by atoms with Crippen LogP contribution in [0.2, 0.25) is 5.02 Å². The van der Waals surface area contributed by atoms with Gasteiger partial charge in [-0.3, -0.25) is 14.4 Å². The van der Waals surface area contributed by atoms with Crippen molar-refractivity contribution >= 4 is 46.5 Å². The number of hydrogen-bond acceptors (Lipinski definition) is 4. The maximum absolute atomic E-state index is 14.9. The van der Waals surface area contributed by atoms with Crippen LogP contribution in [0.25, 0.3) is 6.08 Å². The molecule has 0 radical (unpaired) electrons. The molecule has 0 bridgehead atoms. The molecule has 216 valence electrons. The summed E-state index contributed by atoms with van der Waals surface area (Å²) in [5, 5.41) is 3.67. The van der Waals surface area contributed by atoms with E-state index in [0.717, 1.165) is 42.5 Å². The van der Waals surface area contributed by atoms with Crippen molar-refractivity contribution in [2.24, 2.45) is 11.3 Å². The summed E-state index contributed by atoms with van der Waals surface area (Å²) in [6.45, 7) is 7.83. The Morgan fingerprint density at radius 3 is 2.45 bits per heavy atom. The van der Waals surface area contributed by atoms with E-state index in [1.54, 1.807) is 6.07 Å². The normalized spacial score (nSPS) is 23.9. The summed E-state index contributed by atoms with van der Waals surface area (Å²) in [5.74, 6) is -1.47. The predicted octanol–water partition coefficient (Wildman–Crippen LogP) is 7.66. The summed E-state index contributed by atoms with van der Waals surface area (Å²) >= 11 is 6.38. The predicted molar refractivity (Wildman–Crippen MR) is 169 cm³/mol. The molecule has 1 fully saturated rings. The highest BCUT2D eigenvalue weighted by molar-refractivity contribution is 6.31. The molecule has 3 aromatic rings. The van der Waals surface area contributed by atoms with Crippen LogP contribution in [0.15, 0.2) is 72.8 Å². The first-order valence-electron chi connectivity index (χ1n) is 14.9. The molecule has 3 aliphatic heterocycles. The number of carbonyl (C=O) groups is 3. The molecule has 3 heterocycles. The van der Waals surface area contributed by atoms with Crippen molar-refractivity contribution in [3.8, 4) is 0 Å². The highest BCUT2D eigenvalue weighted by Crippen LogP contribution is 2.58. The quantitative estimate of drug-likeness (QED) is 0.230. The van der Waals surface area contributed by atoms with Gasteiger partial charge in [0.05, 0.1) is 12.0 Å². The second kappa shape index (κ2) is 10.5. The van der Waals surface area contributed by atoms with E-state index in [0.29, 0.717) is 16.3 Å². The van der Waals surface area contributed by atoms with Gasteiger partial charge in [0.15, 0.2) is 11.6 Å². The summed E-state index contributed by atoms with van der Waals surface area (Å²) in [6, 6.07) is 19.5. The largest absolute Gasteiger partial charge is 0.352 e. The molecule has 0 aliphatic carbocycles. The van der Waals surface area contributed by atoms with Crippen LogP contribution in [0.4, 0.5) is 11.4 Å². The SMILES string of the molecule is CCCCCc1ccc(C(=O)[C@@H]2[C@H](C(=O)C(C)(C)C)N3c4ccc(Cl)cc4C=C[C@@H]3[C@@]23C(=O)Nc2ccccc23)cc1. The van der Waals surface area contributed by atoms with Gasteiger partial charge in [0.2, 0.25) is 5.91 Å². The number of anilines is 2. The fraction of sp³-hybridized carbons (Fsp3) is 0.361. The maximum Gasteiger partial charge on any atom is 0.238 e. The smallest absolute Gasteiger partial charge is 0.238 e. The maximum atomic E-state index is 14.9. The third-order valence-corrected chi connectivity index (χ3v) is 9.43. The lowest BCUT2D eigenvalue weighted by molar-refractivity contribution is -0.128. The number of para-hydroxylation sites is 1. The van der Waals surface area contributed by atoms with Crippen LogP contribution in [0, 0.1) is 11.3 Å². The number of carbonyl (C=O) groups excluding carboxylic acids is 3. The number of rotatable bonds is 7. The molecule has 5 nitrogen and oxygen atoms in total. The molecule has 3 aromatic carbocycles. The lowest BCUT2D eigenvalue weighted by atomic mass is 9.63. The van der Waals surface area contributed by atoms with E-state index in [2.05, 4.69) is 12.2 Å². The van der Waals surface area contributed by atoms with Crippen LogP contribution in [0.3, 0.4) is 0 Å². The van der Waals surface area contributed by atoms with E-state index in [-0.39, 0.29) is 17.5 Å². The third-order valence-electron chi connectivity index (χ3n) is 9.19. The summed E-state index contributed by atoms with van der Waals surface area (Å²) in [6.07, 6.45) is 8.31. The third kappa shape index (κ3) is 4.32. The van der Waals surface area contributed by atoms with Gasteiger partial charge < -0.3 is 10.2 Å². The molecule has 0 unspecified atom stereocenters. The van der Waals surface area contributed by atoms with Crippen molar-refractivity contribution in [1.82, 2.24) is 0 Å². The first-order valence-corrected chi connectivity index (χ1v) is 15.3. The molecule has 1 saturated heterocycles. The number of Topliss-reactive ketones (excluding diaryl/α,β-unsaturated/α-hetero) is 2. The number of amides is 1. The second-order valence-corrected chi connectivity index (χ2v) is 13.3. The highest BCUT2D eigenvalue weighted by Gasteiger charge is 2.70. The van der Waals surface area contributed by atoms with Crippen molar-refractivity contribution in [1.29, 1.82) is 0 Å². The van der Waals surface area contributed by atoms with Gasteiger partial charge >= 0.3 is 0 Å². The topological polar surface area (TPSA) is 66.5 Å². The molecular weight excluding hydrogens is 544 g/mol. The molecule has 1 amide bonds. The van der Waals surface area contributed by atoms with Crippen molar-refractivity contribution in [2.75, 3.05) is 10.2 Å². The Hall–Kier alpha value is -3.70. The van der Waals surface area contributed by atoms with E-state index in [1.807, 2.05) is 98.5 Å². The number of fused-ring (bicyclic) bond motifs is 6. The number of ketones is 2. The number of unbranched alkanes of at least 4 members (excludes halogenated alkanes) is 2. The lowest BCUT2D eigenvalue weighted by Crippen LogP contribution is -2.51. The molecule has 42 heavy (non-hydrogen) atoms. The van der Waals surface area contributed by atoms with Gasteiger partial charge in [-0.1, -0.05) is 107 Å². The number of hydrogen-bond donors (Lipinski definition) is 1. The standard InChI is InChI=1S/C36H37ClN2O3/c1-5-6-7-10-22-13-15-23(16-14-22)32(40)30-31(33(41)35(2,3)4)39-28-19-18-25(37)21-24(28)17-20-29(39)36(30)26-11-8-9-12-27(26)38-34(36)42/h8-9,11-21,29-31H,5-7,10H2,1-4H3,(H,38,42)/t29-,30+,31-,36-/m1/s1. The minimum absolute atomic E-state index is 0.0766. The summed E-state index contributed by atoms with van der Waals surface area (Å²) in [5.41, 5.74) is 2.74. The van der Waals surface area contributed by atoms with Crippen LogP contribution < -0.4 is 10.2 Å². The average Bonchev–Trinajstić information content (AvgIpc) is 3.44. The highest BCUT2D eigenvalue weighted by atomic mass is 35.5. The zero-order valence-corrected chi connectivity index (χ0v) is 25.4. The van der Waals surface area contributed by atoms with Gasteiger partial charge in [0.25, 0.3) is 0 Å². The van der Waals surface area contributed by atoms with E-state index in [9.17, 15) is 14.4 Å². The van der Waals surface area contributed by atoms with Crippen LogP contribution in [0.5, 0.6) is 0 Å². The van der Waals surface area contributed by atoms with Gasteiger partial charge in [0, 0.05) is 27.4 Å². The molecule has 1 spiro atoms. The Morgan fingerprint density at radius 2 is 1.74 bits per heavy atom. The van der Waals surface area contributed by atoms with Crippen molar-refractivity contribution in [2.45, 2.75) is 70.9 Å². The zero-order valence-electron chi connectivity index (χ0n) is 24.6. The molecule has 4 atom stereocenters. The average molecular weight is 581 g/mol. The molecular formula is C36H37ClN2O3. The number of benzene rings is 3. The first kappa shape index (κ1) is 28.4. The first-order chi connectivity index (χ1) is 20.1. The van der Waals surface area contributed by atoms with Crippen molar-refractivity contribution in [3.63, 3.8) is 0 Å². The molecule has 0 aromatic heterocycles.